The van der Waals surface area contributed by atoms with Gasteiger partial charge in [0.15, 0.2) is 0 Å². The van der Waals surface area contributed by atoms with Crippen LogP contribution < -0.4 is 0 Å². The number of aromatic nitrogens is 3. The maximum absolute atomic E-state index is 2.55. The molecule has 0 saturated carbocycles. The van der Waals surface area contributed by atoms with E-state index in [1.807, 2.05) is 0 Å². The Bertz CT molecular complexity index is 4020. The van der Waals surface area contributed by atoms with E-state index in [0.29, 0.717) is 0 Å². The second-order valence-electron chi connectivity index (χ2n) is 16.0. The SMILES string of the molecule is c1ccc(-n2c3ccccc3c3cc4ccc5c6c4c(c32)n(-c2ccccc2)c6cc2c3ccccc3n(-c3ccc4c6ccccc6c6ccccc6c4c3)c25)cc1. The Hall–Kier alpha value is -7.88. The first kappa shape index (κ1) is 31.2. The third kappa shape index (κ3) is 4.01. The van der Waals surface area contributed by atoms with E-state index in [2.05, 4.69) is 214 Å². The molecule has 59 heavy (non-hydrogen) atoms. The normalized spacial score (nSPS) is 12.4. The first-order valence-corrected chi connectivity index (χ1v) is 20.4. The summed E-state index contributed by atoms with van der Waals surface area (Å²) in [5.41, 5.74) is 10.8. The molecule has 3 heterocycles. The summed E-state index contributed by atoms with van der Waals surface area (Å²) >= 11 is 0. The number of hydrogen-bond donors (Lipinski definition) is 0. The van der Waals surface area contributed by atoms with Gasteiger partial charge in [-0.25, -0.2) is 0 Å². The summed E-state index contributed by atoms with van der Waals surface area (Å²) in [5, 5.41) is 17.8. The van der Waals surface area contributed by atoms with E-state index >= 15 is 0 Å². The molecule has 14 aromatic rings. The number of benzene rings is 11. The zero-order chi connectivity index (χ0) is 38.3. The molecule has 3 heteroatoms. The van der Waals surface area contributed by atoms with Gasteiger partial charge in [-0.15, -0.1) is 0 Å². The molecule has 0 amide bonds. The second kappa shape index (κ2) is 11.4. The maximum Gasteiger partial charge on any atom is 0.0795 e. The van der Waals surface area contributed by atoms with E-state index in [-0.39, 0.29) is 0 Å². The molecule has 0 bridgehead atoms. The van der Waals surface area contributed by atoms with E-state index < -0.39 is 0 Å². The van der Waals surface area contributed by atoms with Crippen LogP contribution in [0.5, 0.6) is 0 Å². The number of hydrogen-bond acceptors (Lipinski definition) is 0. The molecular formula is C56H33N3. The molecule has 0 N–H and O–H groups in total. The van der Waals surface area contributed by atoms with Crippen molar-refractivity contribution in [1.82, 2.24) is 13.7 Å². The van der Waals surface area contributed by atoms with Gasteiger partial charge >= 0.3 is 0 Å². The van der Waals surface area contributed by atoms with Crippen LogP contribution in [0.25, 0.3) is 126 Å². The van der Waals surface area contributed by atoms with Crippen LogP contribution in [0.3, 0.4) is 0 Å². The van der Waals surface area contributed by atoms with Crippen molar-refractivity contribution in [3.63, 3.8) is 0 Å². The Morgan fingerprint density at radius 2 is 0.678 bits per heavy atom. The number of fused-ring (bicyclic) bond motifs is 14. The zero-order valence-electron chi connectivity index (χ0n) is 31.9. The molecule has 0 atom stereocenters. The van der Waals surface area contributed by atoms with Crippen molar-refractivity contribution >= 4 is 109 Å². The fourth-order valence-electron chi connectivity index (χ4n) is 10.8. The minimum Gasteiger partial charge on any atom is -0.309 e. The van der Waals surface area contributed by atoms with Gasteiger partial charge in [-0.2, -0.15) is 0 Å². The highest BCUT2D eigenvalue weighted by molar-refractivity contribution is 6.37. The van der Waals surface area contributed by atoms with Crippen molar-refractivity contribution in [2.45, 2.75) is 0 Å². The summed E-state index contributed by atoms with van der Waals surface area (Å²) in [6.45, 7) is 0. The highest BCUT2D eigenvalue weighted by Crippen LogP contribution is 2.49. The summed E-state index contributed by atoms with van der Waals surface area (Å²) in [5.74, 6) is 0. The Morgan fingerprint density at radius 3 is 1.29 bits per heavy atom. The Kier molecular flexibility index (Phi) is 6.02. The second-order valence-corrected chi connectivity index (χ2v) is 16.0. The molecule has 272 valence electrons. The van der Waals surface area contributed by atoms with Crippen molar-refractivity contribution in [2.75, 3.05) is 0 Å². The van der Waals surface area contributed by atoms with Crippen LogP contribution in [0.1, 0.15) is 0 Å². The van der Waals surface area contributed by atoms with Gasteiger partial charge in [0.25, 0.3) is 0 Å². The van der Waals surface area contributed by atoms with Crippen LogP contribution in [0.2, 0.25) is 0 Å². The molecule has 0 saturated heterocycles. The van der Waals surface area contributed by atoms with Crippen LogP contribution in [-0.2, 0) is 0 Å². The van der Waals surface area contributed by atoms with Gasteiger partial charge in [0, 0.05) is 54.8 Å². The fraction of sp³-hybridized carbons (Fsp3) is 0. The first-order valence-electron chi connectivity index (χ1n) is 20.4. The lowest BCUT2D eigenvalue weighted by Crippen LogP contribution is -1.98. The Labute approximate surface area is 338 Å². The van der Waals surface area contributed by atoms with Crippen LogP contribution in [0.15, 0.2) is 200 Å². The van der Waals surface area contributed by atoms with Crippen molar-refractivity contribution in [1.29, 1.82) is 0 Å². The average Bonchev–Trinajstić information content (AvgIpc) is 3.95. The van der Waals surface area contributed by atoms with Gasteiger partial charge in [0.05, 0.1) is 33.1 Å². The van der Waals surface area contributed by atoms with Gasteiger partial charge in [0.1, 0.15) is 0 Å². The summed E-state index contributed by atoms with van der Waals surface area (Å²) in [4.78, 5) is 0. The van der Waals surface area contributed by atoms with E-state index in [1.165, 1.54) is 109 Å². The molecule has 0 aliphatic rings. The van der Waals surface area contributed by atoms with Gasteiger partial charge < -0.3 is 13.7 Å². The third-order valence-corrected chi connectivity index (χ3v) is 13.1. The number of para-hydroxylation sites is 4. The maximum atomic E-state index is 2.55. The van der Waals surface area contributed by atoms with Gasteiger partial charge in [-0.05, 0) is 98.4 Å². The highest BCUT2D eigenvalue weighted by Gasteiger charge is 2.27. The lowest BCUT2D eigenvalue weighted by molar-refractivity contribution is 1.15. The summed E-state index contributed by atoms with van der Waals surface area (Å²) < 4.78 is 7.56. The van der Waals surface area contributed by atoms with E-state index in [4.69, 9.17) is 0 Å². The minimum absolute atomic E-state index is 1.15. The molecule has 0 radical (unpaired) electrons. The van der Waals surface area contributed by atoms with E-state index in [0.717, 1.165) is 17.1 Å². The molecule has 0 aliphatic carbocycles. The van der Waals surface area contributed by atoms with Crippen molar-refractivity contribution in [3.8, 4) is 17.1 Å². The molecule has 0 fully saturated rings. The standard InChI is InChI=1S/C56H33N3/c1-3-15-35(16-4-1)57-49-25-13-11-23-43(49)47-31-34-27-29-45-53-51(58(36-17-5-2-6-18-36)56(52(34)53)55(47)57)33-48-44-24-12-14-26-50(44)59(54(45)48)37-28-30-42-40-21-8-7-19-38(40)39-20-9-10-22-41(39)46(42)32-37/h1-33H. The van der Waals surface area contributed by atoms with Crippen molar-refractivity contribution in [3.05, 3.63) is 200 Å². The predicted octanol–water partition coefficient (Wildman–Crippen LogP) is 15.0. The molecular weight excluding hydrogens is 715 g/mol. The smallest absolute Gasteiger partial charge is 0.0795 e. The van der Waals surface area contributed by atoms with Crippen LogP contribution in [0, 0.1) is 0 Å². The molecule has 11 aromatic carbocycles. The fourth-order valence-corrected chi connectivity index (χ4v) is 10.8. The third-order valence-electron chi connectivity index (χ3n) is 13.1. The Morgan fingerprint density at radius 1 is 0.220 bits per heavy atom. The topological polar surface area (TPSA) is 14.8 Å². The monoisotopic (exact) mass is 747 g/mol. The molecule has 0 aliphatic heterocycles. The van der Waals surface area contributed by atoms with E-state index in [9.17, 15) is 0 Å². The largest absolute Gasteiger partial charge is 0.309 e. The summed E-state index contributed by atoms with van der Waals surface area (Å²) in [7, 11) is 0. The molecule has 14 rings (SSSR count). The van der Waals surface area contributed by atoms with Gasteiger partial charge in [-0.3, -0.25) is 0 Å². The first-order chi connectivity index (χ1) is 29.3. The molecule has 0 unspecified atom stereocenters. The quantitative estimate of drug-likeness (QED) is 0.160. The number of rotatable bonds is 3. The van der Waals surface area contributed by atoms with Crippen LogP contribution in [-0.4, -0.2) is 13.7 Å². The van der Waals surface area contributed by atoms with Gasteiger partial charge in [0.2, 0.25) is 0 Å². The lowest BCUT2D eigenvalue weighted by Gasteiger charge is -2.14. The number of nitrogens with zero attached hydrogens (tertiary/aromatic N) is 3. The summed E-state index contributed by atoms with van der Waals surface area (Å²) in [6, 6.07) is 74.2. The van der Waals surface area contributed by atoms with Crippen LogP contribution in [0.4, 0.5) is 0 Å². The molecule has 3 aromatic heterocycles. The minimum atomic E-state index is 1.15. The van der Waals surface area contributed by atoms with E-state index in [1.54, 1.807) is 0 Å². The van der Waals surface area contributed by atoms with Gasteiger partial charge in [-0.1, -0.05) is 140 Å². The Balaban J connectivity index is 1.19. The summed E-state index contributed by atoms with van der Waals surface area (Å²) in [6.07, 6.45) is 0. The van der Waals surface area contributed by atoms with Crippen LogP contribution >= 0.6 is 0 Å². The predicted molar refractivity (Wildman–Crippen MR) is 251 cm³/mol. The van der Waals surface area contributed by atoms with Crippen molar-refractivity contribution < 1.29 is 0 Å². The zero-order valence-corrected chi connectivity index (χ0v) is 31.9. The lowest BCUT2D eigenvalue weighted by atomic mass is 9.94. The average molecular weight is 748 g/mol. The van der Waals surface area contributed by atoms with Crippen molar-refractivity contribution in [2.24, 2.45) is 0 Å². The molecule has 3 nitrogen and oxygen atoms in total. The highest BCUT2D eigenvalue weighted by atomic mass is 15.0. The molecule has 0 spiro atoms.